The summed E-state index contributed by atoms with van der Waals surface area (Å²) in [6.07, 6.45) is -1.74. The summed E-state index contributed by atoms with van der Waals surface area (Å²) in [7, 11) is -3.05. The SMILES string of the molecule is CC(C)n1nc(-c2cccc(OC(C)(F)F)c2)c2ncc(C(=O)CC3(C)CS(=O)(=O)C3)cc21. The number of benzene rings is 1. The Kier molecular flexibility index (Phi) is 5.55. The smallest absolute Gasteiger partial charge is 0.394 e. The molecule has 2 aromatic heterocycles. The van der Waals surface area contributed by atoms with Crippen LogP contribution in [0.4, 0.5) is 8.78 Å². The molecule has 1 aliphatic heterocycles. The van der Waals surface area contributed by atoms with E-state index < -0.39 is 21.4 Å². The van der Waals surface area contributed by atoms with E-state index in [1.165, 1.54) is 18.3 Å². The highest BCUT2D eigenvalue weighted by molar-refractivity contribution is 7.92. The van der Waals surface area contributed by atoms with Crippen LogP contribution in [0.15, 0.2) is 36.5 Å². The predicted molar refractivity (Wildman–Crippen MR) is 120 cm³/mol. The Balaban J connectivity index is 1.71. The van der Waals surface area contributed by atoms with Crippen LogP contribution < -0.4 is 4.74 Å². The first-order valence-electron chi connectivity index (χ1n) is 10.5. The number of nitrogens with zero attached hydrogens (tertiary/aromatic N) is 3. The van der Waals surface area contributed by atoms with Gasteiger partial charge in [-0.1, -0.05) is 19.1 Å². The number of alkyl halides is 2. The third-order valence-electron chi connectivity index (χ3n) is 5.49. The molecule has 1 aliphatic rings. The highest BCUT2D eigenvalue weighted by Crippen LogP contribution is 2.37. The van der Waals surface area contributed by atoms with E-state index in [1.54, 1.807) is 29.8 Å². The summed E-state index contributed by atoms with van der Waals surface area (Å²) >= 11 is 0. The largest absolute Gasteiger partial charge is 0.433 e. The fourth-order valence-electron chi connectivity index (χ4n) is 4.28. The number of pyridine rings is 1. The van der Waals surface area contributed by atoms with Crippen LogP contribution in [-0.2, 0) is 9.84 Å². The van der Waals surface area contributed by atoms with Gasteiger partial charge < -0.3 is 4.74 Å². The van der Waals surface area contributed by atoms with Crippen molar-refractivity contribution in [3.63, 3.8) is 0 Å². The zero-order valence-corrected chi connectivity index (χ0v) is 19.6. The van der Waals surface area contributed by atoms with Gasteiger partial charge in [-0.25, -0.2) is 8.42 Å². The molecule has 0 spiro atoms. The first-order chi connectivity index (χ1) is 15.3. The van der Waals surface area contributed by atoms with Crippen molar-refractivity contribution in [1.29, 1.82) is 0 Å². The summed E-state index contributed by atoms with van der Waals surface area (Å²) in [5.74, 6) is -0.168. The van der Waals surface area contributed by atoms with Crippen molar-refractivity contribution in [1.82, 2.24) is 14.8 Å². The molecular formula is C23H25F2N3O4S. The number of rotatable bonds is 7. The van der Waals surface area contributed by atoms with Crippen LogP contribution in [0.2, 0.25) is 0 Å². The molecule has 1 saturated heterocycles. The molecule has 0 saturated carbocycles. The summed E-state index contributed by atoms with van der Waals surface area (Å²) < 4.78 is 56.1. The van der Waals surface area contributed by atoms with E-state index in [-0.39, 0.29) is 35.5 Å². The van der Waals surface area contributed by atoms with E-state index >= 15 is 0 Å². The topological polar surface area (TPSA) is 91.2 Å². The molecule has 176 valence electrons. The number of hydrogen-bond donors (Lipinski definition) is 0. The van der Waals surface area contributed by atoms with Crippen molar-refractivity contribution in [3.8, 4) is 17.0 Å². The summed E-state index contributed by atoms with van der Waals surface area (Å²) in [5.41, 5.74) is 2.02. The van der Waals surface area contributed by atoms with Gasteiger partial charge in [0.15, 0.2) is 15.6 Å². The van der Waals surface area contributed by atoms with E-state index in [2.05, 4.69) is 14.8 Å². The third kappa shape index (κ3) is 4.90. The lowest BCUT2D eigenvalue weighted by Gasteiger charge is -2.37. The van der Waals surface area contributed by atoms with E-state index in [9.17, 15) is 22.0 Å². The molecule has 0 aliphatic carbocycles. The number of fused-ring (bicyclic) bond motifs is 1. The highest BCUT2D eigenvalue weighted by atomic mass is 32.2. The lowest BCUT2D eigenvalue weighted by atomic mass is 9.86. The monoisotopic (exact) mass is 477 g/mol. The Labute approximate surface area is 190 Å². The van der Waals surface area contributed by atoms with Gasteiger partial charge in [0, 0.05) is 42.1 Å². The molecule has 7 nitrogen and oxygen atoms in total. The molecule has 0 bridgehead atoms. The van der Waals surface area contributed by atoms with Gasteiger partial charge in [-0.05, 0) is 32.0 Å². The van der Waals surface area contributed by atoms with Crippen molar-refractivity contribution >= 4 is 26.7 Å². The van der Waals surface area contributed by atoms with Gasteiger partial charge in [0.25, 0.3) is 0 Å². The molecule has 0 amide bonds. The molecule has 1 aromatic carbocycles. The van der Waals surface area contributed by atoms with Gasteiger partial charge >= 0.3 is 6.11 Å². The first kappa shape index (κ1) is 23.3. The Morgan fingerprint density at radius 2 is 1.97 bits per heavy atom. The van der Waals surface area contributed by atoms with E-state index in [4.69, 9.17) is 0 Å². The average Bonchev–Trinajstić information content (AvgIpc) is 3.04. The molecule has 33 heavy (non-hydrogen) atoms. The molecule has 0 N–H and O–H groups in total. The molecule has 3 aromatic rings. The Morgan fingerprint density at radius 3 is 2.58 bits per heavy atom. The standard InChI is InChI=1S/C23H25F2N3O4S/c1-14(2)28-18-9-16(19(29)10-22(3)12-33(30,31)13-22)11-26-21(18)20(27-28)15-6-5-7-17(8-15)32-23(4,24)25/h5-9,11,14H,10,12-13H2,1-4H3. The van der Waals surface area contributed by atoms with Crippen molar-refractivity contribution in [3.05, 3.63) is 42.1 Å². The summed E-state index contributed by atoms with van der Waals surface area (Å²) in [6, 6.07) is 7.89. The number of ketones is 1. The first-order valence-corrected chi connectivity index (χ1v) is 12.4. The highest BCUT2D eigenvalue weighted by Gasteiger charge is 2.45. The number of aromatic nitrogens is 3. The quantitative estimate of drug-likeness (QED) is 0.459. The molecule has 4 rings (SSSR count). The normalized spacial score (nSPS) is 17.2. The molecule has 3 heterocycles. The maximum atomic E-state index is 13.3. The molecular weight excluding hydrogens is 452 g/mol. The van der Waals surface area contributed by atoms with Crippen molar-refractivity contribution in [2.75, 3.05) is 11.5 Å². The average molecular weight is 478 g/mol. The van der Waals surface area contributed by atoms with E-state index in [1.807, 2.05) is 13.8 Å². The number of ether oxygens (including phenoxy) is 1. The van der Waals surface area contributed by atoms with Crippen LogP contribution in [0.5, 0.6) is 5.75 Å². The Morgan fingerprint density at radius 1 is 1.27 bits per heavy atom. The third-order valence-corrected chi connectivity index (χ3v) is 7.76. The van der Waals surface area contributed by atoms with Crippen LogP contribution in [0.25, 0.3) is 22.3 Å². The number of carbonyl (C=O) groups excluding carboxylic acids is 1. The Bertz CT molecular complexity index is 1330. The second kappa shape index (κ2) is 7.86. The van der Waals surface area contributed by atoms with Gasteiger partial charge in [-0.3, -0.25) is 14.5 Å². The fourth-order valence-corrected chi connectivity index (χ4v) is 6.53. The number of sulfone groups is 1. The van der Waals surface area contributed by atoms with Crippen LogP contribution in [-0.4, -0.2) is 46.6 Å². The van der Waals surface area contributed by atoms with E-state index in [0.717, 1.165) is 0 Å². The van der Waals surface area contributed by atoms with Crippen molar-refractivity contribution in [2.24, 2.45) is 5.41 Å². The molecule has 0 unspecified atom stereocenters. The number of Topliss-reactive ketones (excluding diaryl/α,β-unsaturated/α-hetero) is 1. The lowest BCUT2D eigenvalue weighted by molar-refractivity contribution is -0.158. The summed E-state index contributed by atoms with van der Waals surface area (Å²) in [5, 5.41) is 4.64. The maximum Gasteiger partial charge on any atom is 0.394 e. The zero-order valence-electron chi connectivity index (χ0n) is 18.8. The van der Waals surface area contributed by atoms with Gasteiger partial charge in [0.05, 0.1) is 17.0 Å². The minimum Gasteiger partial charge on any atom is -0.433 e. The van der Waals surface area contributed by atoms with Crippen LogP contribution in [0.1, 0.15) is 50.5 Å². The lowest BCUT2D eigenvalue weighted by Crippen LogP contribution is -2.47. The minimum atomic E-state index is -3.32. The van der Waals surface area contributed by atoms with E-state index in [0.29, 0.717) is 34.8 Å². The predicted octanol–water partition coefficient (Wildman–Crippen LogP) is 4.68. The maximum absolute atomic E-state index is 13.3. The molecule has 0 atom stereocenters. The van der Waals surface area contributed by atoms with Gasteiger partial charge in [0.1, 0.15) is 17.0 Å². The second-order valence-electron chi connectivity index (χ2n) is 9.36. The number of halogens is 2. The Hall–Kier alpha value is -2.88. The molecule has 1 fully saturated rings. The van der Waals surface area contributed by atoms with Crippen LogP contribution >= 0.6 is 0 Å². The molecule has 10 heteroatoms. The van der Waals surface area contributed by atoms with Crippen molar-refractivity contribution < 1.29 is 26.7 Å². The second-order valence-corrected chi connectivity index (χ2v) is 11.4. The van der Waals surface area contributed by atoms with Gasteiger partial charge in [-0.15, -0.1) is 0 Å². The summed E-state index contributed by atoms with van der Waals surface area (Å²) in [6.45, 7) is 6.33. The van der Waals surface area contributed by atoms with Crippen LogP contribution in [0, 0.1) is 5.41 Å². The molecule has 0 radical (unpaired) electrons. The number of hydrogen-bond acceptors (Lipinski definition) is 6. The van der Waals surface area contributed by atoms with Crippen molar-refractivity contribution in [2.45, 2.75) is 46.3 Å². The minimum absolute atomic E-state index is 0.00254. The number of carbonyl (C=O) groups is 1. The van der Waals surface area contributed by atoms with Crippen LogP contribution in [0.3, 0.4) is 0 Å². The van der Waals surface area contributed by atoms with Gasteiger partial charge in [0.2, 0.25) is 0 Å². The zero-order chi connectivity index (χ0) is 24.2. The summed E-state index contributed by atoms with van der Waals surface area (Å²) in [4.78, 5) is 17.4. The van der Waals surface area contributed by atoms with Gasteiger partial charge in [-0.2, -0.15) is 13.9 Å². The fraction of sp³-hybridized carbons (Fsp3) is 0.435.